The lowest BCUT2D eigenvalue weighted by Crippen LogP contribution is -2.37. The van der Waals surface area contributed by atoms with Gasteiger partial charge in [-0.05, 0) is 34.1 Å². The van der Waals surface area contributed by atoms with Gasteiger partial charge in [0.15, 0.2) is 10.5 Å². The summed E-state index contributed by atoms with van der Waals surface area (Å²) in [5.41, 5.74) is 1.05. The Kier molecular flexibility index (Phi) is 3.17. The molecule has 1 aliphatic rings. The number of nitrogens with zero attached hydrogens (tertiary/aromatic N) is 1. The van der Waals surface area contributed by atoms with Crippen molar-refractivity contribution in [2.45, 2.75) is 6.42 Å². The van der Waals surface area contributed by atoms with Crippen LogP contribution in [-0.4, -0.2) is 18.2 Å². The molecule has 1 amide bonds. The highest BCUT2D eigenvalue weighted by molar-refractivity contribution is 9.10. The first-order valence-corrected chi connectivity index (χ1v) is 6.74. The largest absolute Gasteiger partial charge is 0.457 e. The average molecular weight is 338 g/mol. The fourth-order valence-corrected chi connectivity index (χ4v) is 2.56. The van der Waals surface area contributed by atoms with Crippen molar-refractivity contribution in [2.24, 2.45) is 0 Å². The molecule has 20 heavy (non-hydrogen) atoms. The molecular weight excluding hydrogens is 329 g/mol. The second-order valence-electron chi connectivity index (χ2n) is 4.43. The predicted molar refractivity (Wildman–Crippen MR) is 73.4 cm³/mol. The van der Waals surface area contributed by atoms with E-state index in [-0.39, 0.29) is 30.2 Å². The van der Waals surface area contributed by atoms with E-state index in [1.54, 1.807) is 6.07 Å². The van der Waals surface area contributed by atoms with Gasteiger partial charge in [-0.1, -0.05) is 0 Å². The Morgan fingerprint density at radius 2 is 2.15 bits per heavy atom. The number of ketones is 1. The zero-order valence-electron chi connectivity index (χ0n) is 10.2. The number of anilines is 1. The van der Waals surface area contributed by atoms with Crippen LogP contribution in [0.4, 0.5) is 10.1 Å². The molecular formula is C14H9BrFNO3. The van der Waals surface area contributed by atoms with Crippen LogP contribution in [0, 0.1) is 5.82 Å². The van der Waals surface area contributed by atoms with Crippen LogP contribution in [0.2, 0.25) is 0 Å². The molecule has 0 saturated carbocycles. The normalized spacial score (nSPS) is 14.3. The quantitative estimate of drug-likeness (QED) is 0.801. The number of carbonyl (C=O) groups excluding carboxylic acids is 2. The van der Waals surface area contributed by atoms with Crippen LogP contribution in [-0.2, 0) is 0 Å². The van der Waals surface area contributed by atoms with Crippen LogP contribution >= 0.6 is 15.9 Å². The molecule has 1 aromatic carbocycles. The maximum absolute atomic E-state index is 13.2. The number of carbonyl (C=O) groups is 2. The number of rotatable bonds is 1. The smallest absolute Gasteiger partial charge is 0.261 e. The third-order valence-electron chi connectivity index (χ3n) is 3.17. The summed E-state index contributed by atoms with van der Waals surface area (Å²) in [4.78, 5) is 25.7. The zero-order chi connectivity index (χ0) is 14.3. The summed E-state index contributed by atoms with van der Waals surface area (Å²) in [7, 11) is 0. The van der Waals surface area contributed by atoms with E-state index < -0.39 is 5.82 Å². The molecule has 1 aromatic heterocycles. The molecule has 2 heterocycles. The number of hydrogen-bond donors (Lipinski definition) is 0. The van der Waals surface area contributed by atoms with Crippen molar-refractivity contribution in [1.29, 1.82) is 0 Å². The second-order valence-corrected chi connectivity index (χ2v) is 5.21. The highest BCUT2D eigenvalue weighted by Gasteiger charge is 2.29. The first kappa shape index (κ1) is 13.1. The SMILES string of the molecule is O=C1CCN(C(=O)c2coc(Br)c2)c2ccc(F)cc21. The molecule has 0 unspecified atom stereocenters. The van der Waals surface area contributed by atoms with Crippen molar-refractivity contribution >= 4 is 33.3 Å². The number of benzene rings is 1. The van der Waals surface area contributed by atoms with Crippen molar-refractivity contribution in [3.63, 3.8) is 0 Å². The first-order valence-electron chi connectivity index (χ1n) is 5.95. The van der Waals surface area contributed by atoms with Gasteiger partial charge in [0.05, 0.1) is 11.3 Å². The van der Waals surface area contributed by atoms with Gasteiger partial charge in [0.2, 0.25) is 0 Å². The van der Waals surface area contributed by atoms with Crippen molar-refractivity contribution in [3.8, 4) is 0 Å². The Bertz CT molecular complexity index is 710. The lowest BCUT2D eigenvalue weighted by Gasteiger charge is -2.28. The van der Waals surface area contributed by atoms with Gasteiger partial charge in [-0.25, -0.2) is 4.39 Å². The number of furan rings is 1. The Hall–Kier alpha value is -1.95. The van der Waals surface area contributed by atoms with Gasteiger partial charge in [0.1, 0.15) is 12.1 Å². The van der Waals surface area contributed by atoms with Gasteiger partial charge in [-0.2, -0.15) is 0 Å². The average Bonchev–Trinajstić information content (AvgIpc) is 2.86. The molecule has 102 valence electrons. The van der Waals surface area contributed by atoms with Crippen LogP contribution < -0.4 is 4.90 Å². The minimum absolute atomic E-state index is 0.156. The van der Waals surface area contributed by atoms with Gasteiger partial charge < -0.3 is 9.32 Å². The van der Waals surface area contributed by atoms with Gasteiger partial charge >= 0.3 is 0 Å². The molecule has 2 aromatic rings. The minimum Gasteiger partial charge on any atom is -0.457 e. The molecule has 0 N–H and O–H groups in total. The van der Waals surface area contributed by atoms with E-state index in [2.05, 4.69) is 15.9 Å². The highest BCUT2D eigenvalue weighted by Crippen LogP contribution is 2.29. The molecule has 4 nitrogen and oxygen atoms in total. The van der Waals surface area contributed by atoms with Gasteiger partial charge in [-0.15, -0.1) is 0 Å². The Morgan fingerprint density at radius 1 is 1.35 bits per heavy atom. The Balaban J connectivity index is 2.02. The minimum atomic E-state index is -0.488. The lowest BCUT2D eigenvalue weighted by atomic mass is 9.99. The van der Waals surface area contributed by atoms with E-state index in [1.807, 2.05) is 0 Å². The number of amides is 1. The summed E-state index contributed by atoms with van der Waals surface area (Å²) in [5.74, 6) is -0.922. The van der Waals surface area contributed by atoms with E-state index in [4.69, 9.17) is 4.42 Å². The maximum atomic E-state index is 13.2. The summed E-state index contributed by atoms with van der Waals surface area (Å²) < 4.78 is 18.7. The summed E-state index contributed by atoms with van der Waals surface area (Å²) in [6.07, 6.45) is 1.52. The fraction of sp³-hybridized carbons (Fsp3) is 0.143. The van der Waals surface area contributed by atoms with E-state index in [0.29, 0.717) is 15.9 Å². The third kappa shape index (κ3) is 2.16. The van der Waals surface area contributed by atoms with E-state index in [9.17, 15) is 14.0 Å². The monoisotopic (exact) mass is 337 g/mol. The molecule has 0 spiro atoms. The Labute approximate surface area is 122 Å². The second kappa shape index (κ2) is 4.86. The molecule has 0 atom stereocenters. The molecule has 0 saturated heterocycles. The predicted octanol–water partition coefficient (Wildman–Crippen LogP) is 3.41. The summed E-state index contributed by atoms with van der Waals surface area (Å²) in [6, 6.07) is 5.42. The maximum Gasteiger partial charge on any atom is 0.261 e. The topological polar surface area (TPSA) is 50.5 Å². The van der Waals surface area contributed by atoms with Crippen molar-refractivity contribution in [1.82, 2.24) is 0 Å². The molecule has 1 aliphatic heterocycles. The summed E-state index contributed by atoms with van der Waals surface area (Å²) >= 11 is 3.13. The molecule has 6 heteroatoms. The zero-order valence-corrected chi connectivity index (χ0v) is 11.8. The number of fused-ring (bicyclic) bond motifs is 1. The third-order valence-corrected chi connectivity index (χ3v) is 3.59. The van der Waals surface area contributed by atoms with Crippen molar-refractivity contribution in [2.75, 3.05) is 11.4 Å². The molecule has 0 aliphatic carbocycles. The fourth-order valence-electron chi connectivity index (χ4n) is 2.22. The van der Waals surface area contributed by atoms with Crippen molar-refractivity contribution < 1.29 is 18.4 Å². The van der Waals surface area contributed by atoms with Crippen molar-refractivity contribution in [3.05, 3.63) is 52.1 Å². The summed E-state index contributed by atoms with van der Waals surface area (Å²) in [5, 5.41) is 0. The molecule has 3 rings (SSSR count). The van der Waals surface area contributed by atoms with E-state index in [1.165, 1.54) is 29.4 Å². The number of Topliss-reactive ketones (excluding diaryl/α,β-unsaturated/α-hetero) is 1. The van der Waals surface area contributed by atoms with E-state index in [0.717, 1.165) is 0 Å². The van der Waals surface area contributed by atoms with Crippen LogP contribution in [0.15, 0.2) is 39.6 Å². The lowest BCUT2D eigenvalue weighted by molar-refractivity contribution is 0.0954. The van der Waals surface area contributed by atoms with E-state index >= 15 is 0 Å². The first-order chi connectivity index (χ1) is 9.56. The molecule has 0 fully saturated rings. The van der Waals surface area contributed by atoms with Crippen LogP contribution in [0.1, 0.15) is 27.1 Å². The van der Waals surface area contributed by atoms with Crippen LogP contribution in [0.5, 0.6) is 0 Å². The number of hydrogen-bond acceptors (Lipinski definition) is 3. The van der Waals surface area contributed by atoms with Gasteiger partial charge in [0.25, 0.3) is 5.91 Å². The van der Waals surface area contributed by atoms with Crippen LogP contribution in [0.3, 0.4) is 0 Å². The highest BCUT2D eigenvalue weighted by atomic mass is 79.9. The molecule has 0 bridgehead atoms. The van der Waals surface area contributed by atoms with Crippen LogP contribution in [0.25, 0.3) is 0 Å². The summed E-state index contributed by atoms with van der Waals surface area (Å²) in [6.45, 7) is 0.277. The molecule has 0 radical (unpaired) electrons. The van der Waals surface area contributed by atoms with Gasteiger partial charge in [0, 0.05) is 24.6 Å². The Morgan fingerprint density at radius 3 is 2.85 bits per heavy atom. The van der Waals surface area contributed by atoms with Gasteiger partial charge in [-0.3, -0.25) is 9.59 Å². The number of halogens is 2. The standard InChI is InChI=1S/C14H9BrFNO3/c15-13-5-8(7-20-13)14(19)17-4-3-12(18)10-6-9(16)1-2-11(10)17/h1-2,5-7H,3-4H2.